The molecule has 0 aliphatic rings. The second-order valence-corrected chi connectivity index (χ2v) is 4.72. The van der Waals surface area contributed by atoms with Gasteiger partial charge in [-0.1, -0.05) is 0 Å². The largest absolute Gasteiger partial charge is 0.466 e. The van der Waals surface area contributed by atoms with Gasteiger partial charge in [0.25, 0.3) is 0 Å². The standard InChI is InChI=1S/C10H10BrNOS/c1-6-4-14-5-7(6)9(12)10-8(11)2-3-13-10/h2-5,9H,12H2,1H3. The van der Waals surface area contributed by atoms with E-state index in [9.17, 15) is 0 Å². The van der Waals surface area contributed by atoms with Crippen molar-refractivity contribution in [2.75, 3.05) is 0 Å². The maximum Gasteiger partial charge on any atom is 0.139 e. The van der Waals surface area contributed by atoms with Gasteiger partial charge in [-0.25, -0.2) is 0 Å². The van der Waals surface area contributed by atoms with Crippen LogP contribution in [0.5, 0.6) is 0 Å². The summed E-state index contributed by atoms with van der Waals surface area (Å²) in [5.41, 5.74) is 8.43. The molecule has 0 bridgehead atoms. The van der Waals surface area contributed by atoms with E-state index in [1.165, 1.54) is 5.56 Å². The normalized spacial score (nSPS) is 13.1. The molecule has 0 aliphatic heterocycles. The fourth-order valence-corrected chi connectivity index (χ4v) is 2.69. The molecule has 0 spiro atoms. The highest BCUT2D eigenvalue weighted by molar-refractivity contribution is 9.10. The predicted molar refractivity (Wildman–Crippen MR) is 61.5 cm³/mol. The summed E-state index contributed by atoms with van der Waals surface area (Å²) in [6, 6.07) is 1.68. The Kier molecular flexibility index (Phi) is 2.76. The lowest BCUT2D eigenvalue weighted by Gasteiger charge is -2.08. The number of hydrogen-bond donors (Lipinski definition) is 1. The van der Waals surface area contributed by atoms with E-state index < -0.39 is 0 Å². The first-order valence-corrected chi connectivity index (χ1v) is 5.95. The third kappa shape index (κ3) is 1.65. The van der Waals surface area contributed by atoms with Gasteiger partial charge in [0.05, 0.1) is 16.8 Å². The van der Waals surface area contributed by atoms with Crippen LogP contribution in [0, 0.1) is 6.92 Å². The number of furan rings is 1. The van der Waals surface area contributed by atoms with Crippen LogP contribution in [0.4, 0.5) is 0 Å². The van der Waals surface area contributed by atoms with E-state index in [4.69, 9.17) is 10.2 Å². The van der Waals surface area contributed by atoms with E-state index in [0.29, 0.717) is 0 Å². The lowest BCUT2D eigenvalue weighted by molar-refractivity contribution is 0.487. The van der Waals surface area contributed by atoms with Crippen molar-refractivity contribution in [2.45, 2.75) is 13.0 Å². The number of aryl methyl sites for hydroxylation is 1. The summed E-state index contributed by atoms with van der Waals surface area (Å²) in [6.45, 7) is 2.06. The number of nitrogens with two attached hydrogens (primary N) is 1. The van der Waals surface area contributed by atoms with Gasteiger partial charge in [-0.05, 0) is 50.8 Å². The Morgan fingerprint density at radius 1 is 1.50 bits per heavy atom. The van der Waals surface area contributed by atoms with Gasteiger partial charge in [0.2, 0.25) is 0 Å². The summed E-state index contributed by atoms with van der Waals surface area (Å²) in [5, 5.41) is 4.15. The monoisotopic (exact) mass is 271 g/mol. The molecule has 14 heavy (non-hydrogen) atoms. The van der Waals surface area contributed by atoms with E-state index in [2.05, 4.69) is 33.6 Å². The molecular weight excluding hydrogens is 262 g/mol. The highest BCUT2D eigenvalue weighted by Crippen LogP contribution is 2.30. The molecule has 1 atom stereocenters. The molecule has 4 heteroatoms. The van der Waals surface area contributed by atoms with Gasteiger partial charge in [-0.15, -0.1) is 0 Å². The van der Waals surface area contributed by atoms with Crippen molar-refractivity contribution < 1.29 is 4.42 Å². The SMILES string of the molecule is Cc1cscc1C(N)c1occc1Br. The van der Waals surface area contributed by atoms with Gasteiger partial charge in [-0.3, -0.25) is 0 Å². The molecule has 2 aromatic heterocycles. The quantitative estimate of drug-likeness (QED) is 0.909. The molecular formula is C10H10BrNOS. The van der Waals surface area contributed by atoms with Gasteiger partial charge in [0.15, 0.2) is 0 Å². The van der Waals surface area contributed by atoms with Gasteiger partial charge in [-0.2, -0.15) is 11.3 Å². The fourth-order valence-electron chi connectivity index (χ4n) is 1.36. The van der Waals surface area contributed by atoms with Crippen LogP contribution in [0.25, 0.3) is 0 Å². The molecule has 0 saturated carbocycles. The molecule has 74 valence electrons. The van der Waals surface area contributed by atoms with Crippen molar-refractivity contribution >= 4 is 27.3 Å². The molecule has 1 unspecified atom stereocenters. The highest BCUT2D eigenvalue weighted by atomic mass is 79.9. The van der Waals surface area contributed by atoms with E-state index in [-0.39, 0.29) is 6.04 Å². The highest BCUT2D eigenvalue weighted by Gasteiger charge is 2.17. The van der Waals surface area contributed by atoms with Crippen molar-refractivity contribution in [3.8, 4) is 0 Å². The second kappa shape index (κ2) is 3.88. The zero-order valence-electron chi connectivity index (χ0n) is 7.66. The Morgan fingerprint density at radius 2 is 2.29 bits per heavy atom. The van der Waals surface area contributed by atoms with Gasteiger partial charge < -0.3 is 10.2 Å². The van der Waals surface area contributed by atoms with Gasteiger partial charge in [0.1, 0.15) is 5.76 Å². The Balaban J connectivity index is 2.38. The molecule has 2 nitrogen and oxygen atoms in total. The molecule has 0 saturated heterocycles. The van der Waals surface area contributed by atoms with Crippen molar-refractivity contribution in [1.82, 2.24) is 0 Å². The Hall–Kier alpha value is -0.580. The molecule has 2 aromatic rings. The predicted octanol–water partition coefficient (Wildman–Crippen LogP) is 3.46. The number of halogens is 1. The number of rotatable bonds is 2. The first-order valence-electron chi connectivity index (χ1n) is 4.21. The zero-order chi connectivity index (χ0) is 10.1. The first kappa shape index (κ1) is 9.96. The summed E-state index contributed by atoms with van der Waals surface area (Å²) in [4.78, 5) is 0. The minimum atomic E-state index is -0.175. The summed E-state index contributed by atoms with van der Waals surface area (Å²) in [7, 11) is 0. The summed E-state index contributed by atoms with van der Waals surface area (Å²) in [6.07, 6.45) is 1.64. The average Bonchev–Trinajstić information content (AvgIpc) is 2.73. The Morgan fingerprint density at radius 3 is 2.79 bits per heavy atom. The van der Waals surface area contributed by atoms with Crippen molar-refractivity contribution in [3.05, 3.63) is 44.4 Å². The van der Waals surface area contributed by atoms with E-state index >= 15 is 0 Å². The van der Waals surface area contributed by atoms with Crippen LogP contribution in [0.3, 0.4) is 0 Å². The molecule has 0 aromatic carbocycles. The zero-order valence-corrected chi connectivity index (χ0v) is 10.1. The maximum absolute atomic E-state index is 6.09. The van der Waals surface area contributed by atoms with Crippen LogP contribution < -0.4 is 5.73 Å². The summed E-state index contributed by atoms with van der Waals surface area (Å²) in [5.74, 6) is 0.784. The van der Waals surface area contributed by atoms with Crippen LogP contribution in [-0.2, 0) is 0 Å². The number of thiophene rings is 1. The lowest BCUT2D eigenvalue weighted by atomic mass is 10.1. The lowest BCUT2D eigenvalue weighted by Crippen LogP contribution is -2.11. The molecule has 0 radical (unpaired) electrons. The van der Waals surface area contributed by atoms with Gasteiger partial charge >= 0.3 is 0 Å². The Bertz CT molecular complexity index is 395. The van der Waals surface area contributed by atoms with Crippen molar-refractivity contribution in [3.63, 3.8) is 0 Å². The summed E-state index contributed by atoms with van der Waals surface area (Å²) < 4.78 is 6.26. The molecule has 0 aliphatic carbocycles. The van der Waals surface area contributed by atoms with Crippen LogP contribution >= 0.6 is 27.3 Å². The maximum atomic E-state index is 6.09. The fraction of sp³-hybridized carbons (Fsp3) is 0.200. The minimum absolute atomic E-state index is 0.175. The number of hydrogen-bond acceptors (Lipinski definition) is 3. The smallest absolute Gasteiger partial charge is 0.139 e. The van der Waals surface area contributed by atoms with Crippen molar-refractivity contribution in [2.24, 2.45) is 5.73 Å². The average molecular weight is 272 g/mol. The molecule has 2 heterocycles. The van der Waals surface area contributed by atoms with Crippen LogP contribution in [0.1, 0.15) is 22.9 Å². The first-order chi connectivity index (χ1) is 6.70. The van der Waals surface area contributed by atoms with Crippen LogP contribution in [-0.4, -0.2) is 0 Å². The third-order valence-corrected chi connectivity index (χ3v) is 3.69. The van der Waals surface area contributed by atoms with Crippen LogP contribution in [0.15, 0.2) is 32.0 Å². The van der Waals surface area contributed by atoms with Crippen molar-refractivity contribution in [1.29, 1.82) is 0 Å². The summed E-state index contributed by atoms with van der Waals surface area (Å²) >= 11 is 5.07. The second-order valence-electron chi connectivity index (χ2n) is 3.12. The van der Waals surface area contributed by atoms with E-state index in [0.717, 1.165) is 15.8 Å². The van der Waals surface area contributed by atoms with Gasteiger partial charge in [0, 0.05) is 0 Å². The topological polar surface area (TPSA) is 39.2 Å². The molecule has 0 fully saturated rings. The third-order valence-electron chi connectivity index (χ3n) is 2.16. The van der Waals surface area contributed by atoms with E-state index in [1.54, 1.807) is 17.6 Å². The molecule has 2 rings (SSSR count). The molecule has 0 amide bonds. The molecule has 2 N–H and O–H groups in total. The van der Waals surface area contributed by atoms with E-state index in [1.807, 2.05) is 6.07 Å². The Labute approximate surface area is 94.9 Å². The minimum Gasteiger partial charge on any atom is -0.466 e. The van der Waals surface area contributed by atoms with Crippen LogP contribution in [0.2, 0.25) is 0 Å².